The molecule has 1 rings (SSSR count). The number of hydrogen-bond acceptors (Lipinski definition) is 3. The maximum atomic E-state index is 11.8. The maximum absolute atomic E-state index is 11.8. The summed E-state index contributed by atoms with van der Waals surface area (Å²) in [6.45, 7) is 5.72. The third-order valence-corrected chi connectivity index (χ3v) is 4.09. The van der Waals surface area contributed by atoms with Gasteiger partial charge in [0, 0.05) is 18.9 Å². The van der Waals surface area contributed by atoms with E-state index in [0.717, 1.165) is 6.42 Å². The number of amides is 2. The summed E-state index contributed by atoms with van der Waals surface area (Å²) in [5.41, 5.74) is -1.20. The van der Waals surface area contributed by atoms with E-state index in [1.165, 1.54) is 0 Å². The maximum Gasteiger partial charge on any atom is 0.329 e. The van der Waals surface area contributed by atoms with E-state index < -0.39 is 11.5 Å². The van der Waals surface area contributed by atoms with Gasteiger partial charge in [0.15, 0.2) is 0 Å². The lowest BCUT2D eigenvalue weighted by Crippen LogP contribution is -2.54. The van der Waals surface area contributed by atoms with E-state index in [-0.39, 0.29) is 30.7 Å². The van der Waals surface area contributed by atoms with Crippen molar-refractivity contribution in [2.24, 2.45) is 11.8 Å². The summed E-state index contributed by atoms with van der Waals surface area (Å²) >= 11 is 0. The van der Waals surface area contributed by atoms with E-state index in [0.29, 0.717) is 18.8 Å². The quantitative estimate of drug-likeness (QED) is 0.617. The van der Waals surface area contributed by atoms with Crippen molar-refractivity contribution in [2.75, 3.05) is 6.54 Å². The van der Waals surface area contributed by atoms with Crippen LogP contribution in [-0.2, 0) is 14.4 Å². The molecule has 2 unspecified atom stereocenters. The molecule has 0 bridgehead atoms. The Morgan fingerprint density at radius 2 is 1.80 bits per heavy atom. The number of hydrogen-bond donors (Lipinski definition) is 3. The first-order valence-corrected chi connectivity index (χ1v) is 7.18. The molecule has 1 aliphatic carbocycles. The van der Waals surface area contributed by atoms with Crippen LogP contribution in [0.3, 0.4) is 0 Å². The van der Waals surface area contributed by atoms with Crippen molar-refractivity contribution in [1.82, 2.24) is 10.6 Å². The molecule has 0 radical (unpaired) electrons. The first-order chi connectivity index (χ1) is 9.36. The van der Waals surface area contributed by atoms with Crippen LogP contribution in [0, 0.1) is 11.8 Å². The highest BCUT2D eigenvalue weighted by atomic mass is 16.4. The average molecular weight is 284 g/mol. The molecule has 0 heterocycles. The van der Waals surface area contributed by atoms with Crippen LogP contribution >= 0.6 is 0 Å². The second-order valence-electron chi connectivity index (χ2n) is 5.50. The summed E-state index contributed by atoms with van der Waals surface area (Å²) in [6.07, 6.45) is 1.67. The molecule has 114 valence electrons. The summed E-state index contributed by atoms with van der Waals surface area (Å²) in [6, 6.07) is 0. The molecule has 1 fully saturated rings. The van der Waals surface area contributed by atoms with Crippen LogP contribution in [0.4, 0.5) is 0 Å². The Balaban J connectivity index is 2.35. The Kier molecular flexibility index (Phi) is 5.53. The molecule has 0 aromatic carbocycles. The SMILES string of the molecule is CCC(CC)(NC(=O)CCNC(=O)C1CC1C)C(=O)O. The molecule has 6 nitrogen and oxygen atoms in total. The highest BCUT2D eigenvalue weighted by Crippen LogP contribution is 2.37. The number of carboxylic acids is 1. The molecule has 0 spiro atoms. The molecule has 0 saturated heterocycles. The van der Waals surface area contributed by atoms with Crippen molar-refractivity contribution in [3.63, 3.8) is 0 Å². The second kappa shape index (κ2) is 6.72. The van der Waals surface area contributed by atoms with Gasteiger partial charge in [-0.25, -0.2) is 4.79 Å². The lowest BCUT2D eigenvalue weighted by molar-refractivity contribution is -0.148. The minimum Gasteiger partial charge on any atom is -0.480 e. The van der Waals surface area contributed by atoms with Crippen molar-refractivity contribution in [1.29, 1.82) is 0 Å². The zero-order chi connectivity index (χ0) is 15.3. The van der Waals surface area contributed by atoms with E-state index in [9.17, 15) is 19.5 Å². The largest absolute Gasteiger partial charge is 0.480 e. The first kappa shape index (κ1) is 16.5. The molecule has 6 heteroatoms. The van der Waals surface area contributed by atoms with Gasteiger partial charge >= 0.3 is 5.97 Å². The van der Waals surface area contributed by atoms with Crippen LogP contribution in [0.2, 0.25) is 0 Å². The molecule has 0 aromatic rings. The van der Waals surface area contributed by atoms with Crippen molar-refractivity contribution in [3.8, 4) is 0 Å². The molecule has 0 aromatic heterocycles. The van der Waals surface area contributed by atoms with Crippen LogP contribution < -0.4 is 10.6 Å². The summed E-state index contributed by atoms with van der Waals surface area (Å²) in [7, 11) is 0. The fraction of sp³-hybridized carbons (Fsp3) is 0.786. The zero-order valence-corrected chi connectivity index (χ0v) is 12.4. The van der Waals surface area contributed by atoms with Crippen LogP contribution in [0.15, 0.2) is 0 Å². The number of nitrogens with one attached hydrogen (secondary N) is 2. The third kappa shape index (κ3) is 3.95. The lowest BCUT2D eigenvalue weighted by Gasteiger charge is -2.28. The van der Waals surface area contributed by atoms with E-state index in [2.05, 4.69) is 10.6 Å². The zero-order valence-electron chi connectivity index (χ0n) is 12.4. The smallest absolute Gasteiger partial charge is 0.329 e. The second-order valence-corrected chi connectivity index (χ2v) is 5.50. The number of aliphatic carboxylic acids is 1. The van der Waals surface area contributed by atoms with Crippen LogP contribution in [0.25, 0.3) is 0 Å². The number of carbonyl (C=O) groups excluding carboxylic acids is 2. The van der Waals surface area contributed by atoms with E-state index in [1.54, 1.807) is 13.8 Å². The fourth-order valence-electron chi connectivity index (χ4n) is 2.23. The molecule has 0 aliphatic heterocycles. The average Bonchev–Trinajstić information content (AvgIpc) is 3.12. The molecule has 2 amide bonds. The molecule has 2 atom stereocenters. The van der Waals surface area contributed by atoms with Gasteiger partial charge in [0.25, 0.3) is 0 Å². The molecule has 1 saturated carbocycles. The van der Waals surface area contributed by atoms with Gasteiger partial charge in [0.2, 0.25) is 11.8 Å². The Labute approximate surface area is 119 Å². The van der Waals surface area contributed by atoms with Crippen LogP contribution in [0.1, 0.15) is 46.5 Å². The van der Waals surface area contributed by atoms with E-state index in [4.69, 9.17) is 0 Å². The summed E-state index contributed by atoms with van der Waals surface area (Å²) in [4.78, 5) is 34.6. The molecular weight excluding hydrogens is 260 g/mol. The number of rotatable bonds is 8. The highest BCUT2D eigenvalue weighted by molar-refractivity contribution is 5.87. The van der Waals surface area contributed by atoms with Crippen molar-refractivity contribution in [2.45, 2.75) is 52.0 Å². The Morgan fingerprint density at radius 1 is 1.25 bits per heavy atom. The predicted octanol–water partition coefficient (Wildman–Crippen LogP) is 0.908. The van der Waals surface area contributed by atoms with Gasteiger partial charge in [-0.05, 0) is 25.2 Å². The number of carboxylic acid groups (broad SMARTS) is 1. The standard InChI is InChI=1S/C14H24N2O4/c1-4-14(5-2,13(19)20)16-11(17)6-7-15-12(18)10-8-9(10)3/h9-10H,4-8H2,1-3H3,(H,15,18)(H,16,17)(H,19,20). The Morgan fingerprint density at radius 3 is 2.20 bits per heavy atom. The minimum absolute atomic E-state index is 0.0132. The normalized spacial score (nSPS) is 21.1. The van der Waals surface area contributed by atoms with Crippen LogP contribution in [0.5, 0.6) is 0 Å². The van der Waals surface area contributed by atoms with E-state index in [1.807, 2.05) is 6.92 Å². The summed E-state index contributed by atoms with van der Waals surface area (Å²) in [5.74, 6) is -0.862. The van der Waals surface area contributed by atoms with Crippen molar-refractivity contribution < 1.29 is 19.5 Å². The van der Waals surface area contributed by atoms with Gasteiger partial charge in [-0.2, -0.15) is 0 Å². The summed E-state index contributed by atoms with van der Waals surface area (Å²) in [5, 5.41) is 14.5. The summed E-state index contributed by atoms with van der Waals surface area (Å²) < 4.78 is 0. The van der Waals surface area contributed by atoms with Gasteiger partial charge < -0.3 is 15.7 Å². The van der Waals surface area contributed by atoms with Crippen molar-refractivity contribution in [3.05, 3.63) is 0 Å². The van der Waals surface area contributed by atoms with Crippen molar-refractivity contribution >= 4 is 17.8 Å². The molecule has 1 aliphatic rings. The Bertz CT molecular complexity index is 391. The minimum atomic E-state index is -1.20. The monoisotopic (exact) mass is 284 g/mol. The lowest BCUT2D eigenvalue weighted by atomic mass is 9.93. The van der Waals surface area contributed by atoms with Gasteiger partial charge in [-0.15, -0.1) is 0 Å². The highest BCUT2D eigenvalue weighted by Gasteiger charge is 2.39. The van der Waals surface area contributed by atoms with Gasteiger partial charge in [-0.1, -0.05) is 20.8 Å². The number of carbonyl (C=O) groups is 3. The Hall–Kier alpha value is -1.59. The van der Waals surface area contributed by atoms with Crippen LogP contribution in [-0.4, -0.2) is 35.0 Å². The molecule has 20 heavy (non-hydrogen) atoms. The van der Waals surface area contributed by atoms with Gasteiger partial charge in [0.1, 0.15) is 5.54 Å². The first-order valence-electron chi connectivity index (χ1n) is 7.18. The third-order valence-electron chi connectivity index (χ3n) is 4.09. The topological polar surface area (TPSA) is 95.5 Å². The fourth-order valence-corrected chi connectivity index (χ4v) is 2.23. The predicted molar refractivity (Wildman–Crippen MR) is 74.0 cm³/mol. The molecular formula is C14H24N2O4. The van der Waals surface area contributed by atoms with Gasteiger partial charge in [-0.3, -0.25) is 9.59 Å². The van der Waals surface area contributed by atoms with Gasteiger partial charge in [0.05, 0.1) is 0 Å². The molecule has 3 N–H and O–H groups in total. The van der Waals surface area contributed by atoms with E-state index >= 15 is 0 Å².